The number of nitro groups is 1. The molecule has 0 bridgehead atoms. The van der Waals surface area contributed by atoms with Crippen molar-refractivity contribution in [3.05, 3.63) is 33.9 Å². The second-order valence-electron chi connectivity index (χ2n) is 6.74. The van der Waals surface area contributed by atoms with Crippen LogP contribution in [0.5, 0.6) is 0 Å². The second-order valence-corrected chi connectivity index (χ2v) is 6.74. The number of benzene rings is 1. The summed E-state index contributed by atoms with van der Waals surface area (Å²) in [6, 6.07) is 5.86. The molecular formula is C17H24N2O2. The van der Waals surface area contributed by atoms with Gasteiger partial charge in [0, 0.05) is 12.1 Å². The summed E-state index contributed by atoms with van der Waals surface area (Å²) in [4.78, 5) is 10.9. The molecule has 0 amide bonds. The van der Waals surface area contributed by atoms with Gasteiger partial charge in [0.15, 0.2) is 0 Å². The largest absolute Gasteiger partial charge is 0.377 e. The van der Waals surface area contributed by atoms with Crippen molar-refractivity contribution < 1.29 is 4.92 Å². The summed E-state index contributed by atoms with van der Waals surface area (Å²) in [6.45, 7) is 1.89. The van der Waals surface area contributed by atoms with Crippen molar-refractivity contribution >= 4 is 11.4 Å². The molecule has 4 nitrogen and oxygen atoms in total. The number of hydrogen-bond acceptors (Lipinski definition) is 3. The van der Waals surface area contributed by atoms with Gasteiger partial charge in [0.25, 0.3) is 5.69 Å². The smallest absolute Gasteiger partial charge is 0.292 e. The molecule has 21 heavy (non-hydrogen) atoms. The molecule has 0 aromatic heterocycles. The summed E-state index contributed by atoms with van der Waals surface area (Å²) < 4.78 is 0. The highest BCUT2D eigenvalue weighted by Gasteiger charge is 2.32. The highest BCUT2D eigenvalue weighted by Crippen LogP contribution is 2.41. The van der Waals surface area contributed by atoms with Crippen LogP contribution >= 0.6 is 0 Å². The Morgan fingerprint density at radius 1 is 1.14 bits per heavy atom. The molecule has 3 rings (SSSR count). The summed E-state index contributed by atoms with van der Waals surface area (Å²) in [6.07, 6.45) is 9.09. The van der Waals surface area contributed by atoms with E-state index in [1.165, 1.54) is 38.5 Å². The van der Waals surface area contributed by atoms with Gasteiger partial charge in [-0.2, -0.15) is 0 Å². The maximum absolute atomic E-state index is 11.2. The van der Waals surface area contributed by atoms with E-state index in [4.69, 9.17) is 0 Å². The minimum absolute atomic E-state index is 0.209. The van der Waals surface area contributed by atoms with Gasteiger partial charge in [-0.1, -0.05) is 31.7 Å². The van der Waals surface area contributed by atoms with Crippen LogP contribution in [-0.2, 0) is 0 Å². The molecule has 0 aliphatic heterocycles. The van der Waals surface area contributed by atoms with E-state index in [1.54, 1.807) is 6.07 Å². The summed E-state index contributed by atoms with van der Waals surface area (Å²) in [7, 11) is 0. The highest BCUT2D eigenvalue weighted by atomic mass is 16.6. The maximum Gasteiger partial charge on any atom is 0.292 e. The maximum atomic E-state index is 11.2. The van der Waals surface area contributed by atoms with Gasteiger partial charge in [0.2, 0.25) is 0 Å². The number of nitrogens with one attached hydrogen (secondary N) is 1. The zero-order valence-electron chi connectivity index (χ0n) is 12.7. The monoisotopic (exact) mass is 288 g/mol. The molecule has 114 valence electrons. The standard InChI is InChI=1S/C17H24N2O2/c1-12-6-9-16(17(10-12)19(20)21)18-15-8-7-13-4-2-3-5-14(13)11-15/h6,9-10,13-15,18H,2-5,7-8,11H2,1H3. The number of rotatable bonds is 3. The Hall–Kier alpha value is -1.58. The number of nitro benzene ring substituents is 1. The number of fused-ring (bicyclic) bond motifs is 1. The minimum atomic E-state index is -0.276. The van der Waals surface area contributed by atoms with Crippen LogP contribution in [0.3, 0.4) is 0 Å². The van der Waals surface area contributed by atoms with E-state index in [0.717, 1.165) is 23.8 Å². The van der Waals surface area contributed by atoms with Gasteiger partial charge in [-0.05, 0) is 49.7 Å². The minimum Gasteiger partial charge on any atom is -0.377 e. The van der Waals surface area contributed by atoms with Crippen molar-refractivity contribution in [3.63, 3.8) is 0 Å². The molecule has 2 aliphatic rings. The van der Waals surface area contributed by atoms with Crippen LogP contribution in [0.1, 0.15) is 50.5 Å². The van der Waals surface area contributed by atoms with E-state index in [1.807, 2.05) is 19.1 Å². The van der Waals surface area contributed by atoms with Crippen LogP contribution in [0.4, 0.5) is 11.4 Å². The van der Waals surface area contributed by atoms with E-state index >= 15 is 0 Å². The molecule has 0 heterocycles. The molecule has 2 fully saturated rings. The molecule has 0 radical (unpaired) electrons. The first-order chi connectivity index (χ1) is 10.1. The Morgan fingerprint density at radius 3 is 2.67 bits per heavy atom. The third kappa shape index (κ3) is 3.20. The van der Waals surface area contributed by atoms with Gasteiger partial charge in [-0.25, -0.2) is 0 Å². The zero-order valence-corrected chi connectivity index (χ0v) is 12.7. The van der Waals surface area contributed by atoms with E-state index in [0.29, 0.717) is 11.7 Å². The van der Waals surface area contributed by atoms with Gasteiger partial charge >= 0.3 is 0 Å². The van der Waals surface area contributed by atoms with Gasteiger partial charge in [-0.3, -0.25) is 10.1 Å². The Morgan fingerprint density at radius 2 is 1.90 bits per heavy atom. The predicted octanol–water partition coefficient (Wildman–Crippen LogP) is 4.67. The molecule has 2 aliphatic carbocycles. The molecule has 0 spiro atoms. The number of aryl methyl sites for hydroxylation is 1. The van der Waals surface area contributed by atoms with Crippen LogP contribution in [0.25, 0.3) is 0 Å². The third-order valence-electron chi connectivity index (χ3n) is 5.25. The lowest BCUT2D eigenvalue weighted by atomic mass is 9.69. The fourth-order valence-corrected chi connectivity index (χ4v) is 4.14. The quantitative estimate of drug-likeness (QED) is 0.649. The SMILES string of the molecule is Cc1ccc(NC2CCC3CCCCC3C2)c([N+](=O)[O-])c1. The van der Waals surface area contributed by atoms with Crippen LogP contribution in [0.15, 0.2) is 18.2 Å². The summed E-state index contributed by atoms with van der Waals surface area (Å²) in [5, 5.41) is 14.7. The van der Waals surface area contributed by atoms with Crippen molar-refractivity contribution in [2.75, 3.05) is 5.32 Å². The molecule has 1 aromatic rings. The number of hydrogen-bond donors (Lipinski definition) is 1. The number of anilines is 1. The van der Waals surface area contributed by atoms with Crippen LogP contribution in [0.2, 0.25) is 0 Å². The normalized spacial score (nSPS) is 28.7. The van der Waals surface area contributed by atoms with Crippen LogP contribution in [0, 0.1) is 28.9 Å². The summed E-state index contributed by atoms with van der Waals surface area (Å²) in [5.41, 5.74) is 1.83. The molecular weight excluding hydrogens is 264 g/mol. The molecule has 3 unspecified atom stereocenters. The van der Waals surface area contributed by atoms with E-state index in [2.05, 4.69) is 5.32 Å². The first kappa shape index (κ1) is 14.4. The van der Waals surface area contributed by atoms with Gasteiger partial charge in [0.05, 0.1) is 4.92 Å². The summed E-state index contributed by atoms with van der Waals surface area (Å²) >= 11 is 0. The predicted molar refractivity (Wildman–Crippen MR) is 84.5 cm³/mol. The topological polar surface area (TPSA) is 55.2 Å². The van der Waals surface area contributed by atoms with E-state index in [9.17, 15) is 10.1 Å². The molecule has 2 saturated carbocycles. The van der Waals surface area contributed by atoms with Crippen molar-refractivity contribution in [2.24, 2.45) is 11.8 Å². The molecule has 0 saturated heterocycles. The van der Waals surface area contributed by atoms with Gasteiger partial charge in [0.1, 0.15) is 5.69 Å². The van der Waals surface area contributed by atoms with E-state index < -0.39 is 0 Å². The Bertz CT molecular complexity index is 530. The number of nitrogens with zero attached hydrogens (tertiary/aromatic N) is 1. The molecule has 3 atom stereocenters. The van der Waals surface area contributed by atoms with Crippen LogP contribution < -0.4 is 5.32 Å². The van der Waals surface area contributed by atoms with E-state index in [-0.39, 0.29) is 10.6 Å². The Balaban J connectivity index is 1.71. The fourth-order valence-electron chi connectivity index (χ4n) is 4.14. The van der Waals surface area contributed by atoms with Crippen molar-refractivity contribution in [3.8, 4) is 0 Å². The highest BCUT2D eigenvalue weighted by molar-refractivity contribution is 5.63. The van der Waals surface area contributed by atoms with Crippen molar-refractivity contribution in [1.82, 2.24) is 0 Å². The van der Waals surface area contributed by atoms with Gasteiger partial charge < -0.3 is 5.32 Å². The first-order valence-electron chi connectivity index (χ1n) is 8.15. The molecule has 4 heteroatoms. The first-order valence-corrected chi connectivity index (χ1v) is 8.15. The van der Waals surface area contributed by atoms with Crippen molar-refractivity contribution in [2.45, 2.75) is 57.9 Å². The van der Waals surface area contributed by atoms with Crippen molar-refractivity contribution in [1.29, 1.82) is 0 Å². The lowest BCUT2D eigenvalue weighted by Gasteiger charge is -2.39. The second kappa shape index (κ2) is 6.04. The summed E-state index contributed by atoms with van der Waals surface area (Å²) in [5.74, 6) is 1.74. The fraction of sp³-hybridized carbons (Fsp3) is 0.647. The lowest BCUT2D eigenvalue weighted by molar-refractivity contribution is -0.384. The lowest BCUT2D eigenvalue weighted by Crippen LogP contribution is -2.34. The average Bonchev–Trinajstić information content (AvgIpc) is 2.49. The van der Waals surface area contributed by atoms with Gasteiger partial charge in [-0.15, -0.1) is 0 Å². The molecule has 1 N–H and O–H groups in total. The average molecular weight is 288 g/mol. The van der Waals surface area contributed by atoms with Crippen LogP contribution in [-0.4, -0.2) is 11.0 Å². The Kier molecular flexibility index (Phi) is 4.13. The zero-order chi connectivity index (χ0) is 14.8. The third-order valence-corrected chi connectivity index (χ3v) is 5.25. The Labute approximate surface area is 126 Å². The molecule has 1 aromatic carbocycles.